The topological polar surface area (TPSA) is 12.0 Å². The molecule has 0 aliphatic rings. The third-order valence-electron chi connectivity index (χ3n) is 2.03. The zero-order valence-electron chi connectivity index (χ0n) is 9.98. The second-order valence-electron chi connectivity index (χ2n) is 3.37. The number of thioether (sulfide) groups is 1. The molecule has 0 heterocycles. The van der Waals surface area contributed by atoms with E-state index in [4.69, 9.17) is 12.2 Å². The molecule has 0 unspecified atom stereocenters. The molecule has 0 aromatic heterocycles. The minimum Gasteiger partial charge on any atom is -0.380 e. The second kappa shape index (κ2) is 8.09. The van der Waals surface area contributed by atoms with Crippen LogP contribution in [0.5, 0.6) is 0 Å². The van der Waals surface area contributed by atoms with Gasteiger partial charge in [-0.15, -0.1) is 18.3 Å². The number of rotatable bonds is 7. The van der Waals surface area contributed by atoms with E-state index in [-0.39, 0.29) is 0 Å². The van der Waals surface area contributed by atoms with Gasteiger partial charge in [0.05, 0.1) is 5.03 Å². The van der Waals surface area contributed by atoms with E-state index in [1.807, 2.05) is 42.5 Å². The van der Waals surface area contributed by atoms with Gasteiger partial charge in [0.2, 0.25) is 0 Å². The fourth-order valence-corrected chi connectivity index (χ4v) is 2.35. The van der Waals surface area contributed by atoms with Crippen molar-refractivity contribution in [3.63, 3.8) is 0 Å². The van der Waals surface area contributed by atoms with Gasteiger partial charge in [-0.25, -0.2) is 0 Å². The standard InChI is InChI=1S/C14H17NS2/c1-3-10-17-14(15-4-2)11-13(16)12-8-6-5-7-9-12/h3,5-9,11,15H,1,4,10H2,2H3/b14-11+. The van der Waals surface area contributed by atoms with E-state index in [0.29, 0.717) is 0 Å². The number of hydrogen-bond acceptors (Lipinski definition) is 3. The average Bonchev–Trinajstić information content (AvgIpc) is 2.37. The van der Waals surface area contributed by atoms with Crippen LogP contribution in [0.4, 0.5) is 0 Å². The second-order valence-corrected chi connectivity index (χ2v) is 4.87. The van der Waals surface area contributed by atoms with Gasteiger partial charge in [-0.3, -0.25) is 0 Å². The zero-order chi connectivity index (χ0) is 12.5. The molecular formula is C14H17NS2. The molecule has 0 amide bonds. The lowest BCUT2D eigenvalue weighted by Crippen LogP contribution is -2.11. The van der Waals surface area contributed by atoms with E-state index in [1.165, 1.54) is 0 Å². The predicted molar refractivity (Wildman–Crippen MR) is 82.6 cm³/mol. The van der Waals surface area contributed by atoms with Crippen LogP contribution >= 0.6 is 24.0 Å². The van der Waals surface area contributed by atoms with Gasteiger partial charge >= 0.3 is 0 Å². The summed E-state index contributed by atoms with van der Waals surface area (Å²) in [5.41, 5.74) is 1.08. The van der Waals surface area contributed by atoms with Crippen LogP contribution in [0.2, 0.25) is 0 Å². The summed E-state index contributed by atoms with van der Waals surface area (Å²) in [5.74, 6) is 0.885. The Morgan fingerprint density at radius 1 is 1.41 bits per heavy atom. The van der Waals surface area contributed by atoms with E-state index in [2.05, 4.69) is 18.8 Å². The molecule has 0 radical (unpaired) electrons. The van der Waals surface area contributed by atoms with Gasteiger partial charge in [-0.1, -0.05) is 48.6 Å². The summed E-state index contributed by atoms with van der Waals surface area (Å²) in [6.45, 7) is 6.69. The predicted octanol–water partition coefficient (Wildman–Crippen LogP) is 3.77. The first kappa shape index (κ1) is 14.0. The summed E-state index contributed by atoms with van der Waals surface area (Å²) in [7, 11) is 0. The first-order valence-corrected chi connectivity index (χ1v) is 6.96. The van der Waals surface area contributed by atoms with Gasteiger partial charge in [0.15, 0.2) is 0 Å². The molecule has 0 saturated heterocycles. The van der Waals surface area contributed by atoms with Crippen molar-refractivity contribution in [2.45, 2.75) is 6.92 Å². The van der Waals surface area contributed by atoms with Gasteiger partial charge in [0.25, 0.3) is 0 Å². The summed E-state index contributed by atoms with van der Waals surface area (Å²) in [6, 6.07) is 10.0. The first-order chi connectivity index (χ1) is 8.27. The van der Waals surface area contributed by atoms with Crippen LogP contribution in [-0.4, -0.2) is 17.2 Å². The Balaban J connectivity index is 2.75. The molecule has 0 aliphatic carbocycles. The number of allylic oxidation sites excluding steroid dienone is 1. The molecule has 1 nitrogen and oxygen atoms in total. The SMILES string of the molecule is C=CCS/C(=C/C(=S)c1ccccc1)NCC. The van der Waals surface area contributed by atoms with E-state index in [1.54, 1.807) is 11.8 Å². The van der Waals surface area contributed by atoms with Crippen LogP contribution in [0.1, 0.15) is 12.5 Å². The number of nitrogens with one attached hydrogen (secondary N) is 1. The Kier molecular flexibility index (Phi) is 6.67. The monoisotopic (exact) mass is 263 g/mol. The Morgan fingerprint density at radius 3 is 2.71 bits per heavy atom. The quantitative estimate of drug-likeness (QED) is 0.348. The molecule has 17 heavy (non-hydrogen) atoms. The van der Waals surface area contributed by atoms with Crippen molar-refractivity contribution in [2.75, 3.05) is 12.3 Å². The third-order valence-corrected chi connectivity index (χ3v) is 3.36. The summed E-state index contributed by atoms with van der Waals surface area (Å²) in [4.78, 5) is 0.859. The summed E-state index contributed by atoms with van der Waals surface area (Å²) in [5, 5.41) is 4.41. The summed E-state index contributed by atoms with van der Waals surface area (Å²) in [6.07, 6.45) is 3.91. The molecule has 0 fully saturated rings. The van der Waals surface area contributed by atoms with Crippen LogP contribution in [-0.2, 0) is 0 Å². The van der Waals surface area contributed by atoms with Crippen LogP contribution < -0.4 is 5.32 Å². The van der Waals surface area contributed by atoms with Gasteiger partial charge in [0.1, 0.15) is 0 Å². The Bertz CT molecular complexity index is 396. The number of benzene rings is 1. The summed E-state index contributed by atoms with van der Waals surface area (Å²) < 4.78 is 0. The number of thiocarbonyl (C=S) groups is 1. The maximum atomic E-state index is 5.41. The highest BCUT2D eigenvalue weighted by Gasteiger charge is 2.00. The van der Waals surface area contributed by atoms with Gasteiger partial charge in [-0.2, -0.15) is 0 Å². The molecule has 1 rings (SSSR count). The van der Waals surface area contributed by atoms with Crippen molar-refractivity contribution in [1.29, 1.82) is 0 Å². The molecule has 0 spiro atoms. The fraction of sp³-hybridized carbons (Fsp3) is 0.214. The maximum absolute atomic E-state index is 5.41. The lowest BCUT2D eigenvalue weighted by atomic mass is 10.1. The summed E-state index contributed by atoms with van der Waals surface area (Å²) >= 11 is 7.12. The van der Waals surface area contributed by atoms with Crippen LogP contribution in [0.25, 0.3) is 0 Å². The van der Waals surface area contributed by atoms with Crippen molar-refractivity contribution >= 4 is 28.8 Å². The van der Waals surface area contributed by atoms with Gasteiger partial charge in [-0.05, 0) is 18.6 Å². The lowest BCUT2D eigenvalue weighted by molar-refractivity contribution is 0.906. The molecule has 90 valence electrons. The van der Waals surface area contributed by atoms with Gasteiger partial charge in [0, 0.05) is 17.2 Å². The van der Waals surface area contributed by atoms with Crippen molar-refractivity contribution in [3.05, 3.63) is 59.7 Å². The Labute approximate surface area is 113 Å². The molecule has 0 bridgehead atoms. The van der Waals surface area contributed by atoms with E-state index in [0.717, 1.165) is 27.8 Å². The molecule has 1 N–H and O–H groups in total. The van der Waals surface area contributed by atoms with Gasteiger partial charge < -0.3 is 5.32 Å². The highest BCUT2D eigenvalue weighted by molar-refractivity contribution is 8.03. The Morgan fingerprint density at radius 2 is 2.12 bits per heavy atom. The van der Waals surface area contributed by atoms with Crippen molar-refractivity contribution in [3.8, 4) is 0 Å². The highest BCUT2D eigenvalue weighted by atomic mass is 32.2. The molecule has 3 heteroatoms. The van der Waals surface area contributed by atoms with E-state index in [9.17, 15) is 0 Å². The third kappa shape index (κ3) is 5.20. The van der Waals surface area contributed by atoms with Crippen LogP contribution in [0, 0.1) is 0 Å². The van der Waals surface area contributed by atoms with E-state index < -0.39 is 0 Å². The molecule has 0 atom stereocenters. The Hall–Kier alpha value is -1.06. The molecular weight excluding hydrogens is 246 g/mol. The number of hydrogen-bond donors (Lipinski definition) is 1. The average molecular weight is 263 g/mol. The van der Waals surface area contributed by atoms with Crippen molar-refractivity contribution < 1.29 is 0 Å². The van der Waals surface area contributed by atoms with Crippen LogP contribution in [0.3, 0.4) is 0 Å². The van der Waals surface area contributed by atoms with E-state index >= 15 is 0 Å². The first-order valence-electron chi connectivity index (χ1n) is 5.56. The largest absolute Gasteiger partial charge is 0.380 e. The molecule has 1 aromatic carbocycles. The zero-order valence-corrected chi connectivity index (χ0v) is 11.6. The fourth-order valence-electron chi connectivity index (χ4n) is 1.27. The smallest absolute Gasteiger partial charge is 0.0699 e. The highest BCUT2D eigenvalue weighted by Crippen LogP contribution is 2.14. The molecule has 1 aromatic rings. The van der Waals surface area contributed by atoms with Crippen molar-refractivity contribution in [2.24, 2.45) is 0 Å². The molecule has 0 aliphatic heterocycles. The van der Waals surface area contributed by atoms with Crippen LogP contribution in [0.15, 0.2) is 54.1 Å². The van der Waals surface area contributed by atoms with Crippen molar-refractivity contribution in [1.82, 2.24) is 5.32 Å². The maximum Gasteiger partial charge on any atom is 0.0699 e. The minimum atomic E-state index is 0.859. The normalized spacial score (nSPS) is 11.0. The molecule has 0 saturated carbocycles. The minimum absolute atomic E-state index is 0.859. The lowest BCUT2D eigenvalue weighted by Gasteiger charge is -2.08.